The molecule has 0 heterocycles. The zero-order valence-corrected chi connectivity index (χ0v) is 8.96. The van der Waals surface area contributed by atoms with Crippen LogP contribution in [0.5, 0.6) is 0 Å². The molecule has 0 atom stereocenters. The van der Waals surface area contributed by atoms with Gasteiger partial charge in [0.2, 0.25) is 0 Å². The Morgan fingerprint density at radius 1 is 1.33 bits per heavy atom. The molecular weight excluding hydrogens is 220 g/mol. The van der Waals surface area contributed by atoms with Crippen LogP contribution in [-0.2, 0) is 4.29 Å². The summed E-state index contributed by atoms with van der Waals surface area (Å²) >= 11 is 4.91. The molecule has 5 heteroatoms. The van der Waals surface area contributed by atoms with Crippen molar-refractivity contribution in [1.29, 1.82) is 0 Å². The van der Waals surface area contributed by atoms with E-state index >= 15 is 0 Å². The lowest BCUT2D eigenvalue weighted by molar-refractivity contribution is 0.0671. The number of hydrogen-bond acceptors (Lipinski definition) is 3. The summed E-state index contributed by atoms with van der Waals surface area (Å²) in [5.74, 6) is -2.04. The predicted molar refractivity (Wildman–Crippen MR) is 54.1 cm³/mol. The summed E-state index contributed by atoms with van der Waals surface area (Å²) in [5, 5.41) is 8.96. The highest BCUT2D eigenvalue weighted by atomic mass is 35.5. The standard InChI is InChI=1S/C10H9ClO4/c1-5-3-4-7(10(14)15-11)8(6(5)2)9(12)13/h3-4H,1-2H3,(H,12,13). The van der Waals surface area contributed by atoms with Gasteiger partial charge in [-0.1, -0.05) is 6.07 Å². The largest absolute Gasteiger partial charge is 0.478 e. The molecule has 1 aromatic rings. The van der Waals surface area contributed by atoms with Crippen molar-refractivity contribution in [3.63, 3.8) is 0 Å². The number of halogens is 1. The second kappa shape index (κ2) is 4.31. The van der Waals surface area contributed by atoms with Crippen LogP contribution in [-0.4, -0.2) is 17.0 Å². The van der Waals surface area contributed by atoms with Crippen LogP contribution in [0.15, 0.2) is 12.1 Å². The molecule has 0 bridgehead atoms. The molecule has 1 aromatic carbocycles. The molecule has 80 valence electrons. The number of carbonyl (C=O) groups excluding carboxylic acids is 1. The third kappa shape index (κ3) is 2.10. The van der Waals surface area contributed by atoms with E-state index < -0.39 is 11.9 Å². The van der Waals surface area contributed by atoms with Gasteiger partial charge in [-0.25, -0.2) is 9.59 Å². The zero-order chi connectivity index (χ0) is 11.6. The Labute approximate surface area is 91.6 Å². The number of carbonyl (C=O) groups is 2. The van der Waals surface area contributed by atoms with Gasteiger partial charge in [0.25, 0.3) is 0 Å². The van der Waals surface area contributed by atoms with Crippen LogP contribution >= 0.6 is 11.9 Å². The number of aryl methyl sites for hydroxylation is 1. The van der Waals surface area contributed by atoms with E-state index in [9.17, 15) is 9.59 Å². The van der Waals surface area contributed by atoms with Gasteiger partial charge in [-0.15, -0.1) is 0 Å². The van der Waals surface area contributed by atoms with Crippen LogP contribution < -0.4 is 0 Å². The first kappa shape index (κ1) is 11.5. The fourth-order valence-electron chi connectivity index (χ4n) is 1.30. The van der Waals surface area contributed by atoms with Crippen LogP contribution in [0, 0.1) is 13.8 Å². The Kier molecular flexibility index (Phi) is 3.31. The highest BCUT2D eigenvalue weighted by Gasteiger charge is 2.20. The molecule has 1 N–H and O–H groups in total. The average molecular weight is 229 g/mol. The fourth-order valence-corrected chi connectivity index (χ4v) is 1.39. The van der Waals surface area contributed by atoms with Gasteiger partial charge in [0.05, 0.1) is 11.1 Å². The van der Waals surface area contributed by atoms with Gasteiger partial charge < -0.3 is 9.40 Å². The second-order valence-electron chi connectivity index (χ2n) is 3.10. The molecule has 0 fully saturated rings. The minimum absolute atomic E-state index is 0.0411. The molecule has 0 spiro atoms. The first-order valence-corrected chi connectivity index (χ1v) is 4.46. The van der Waals surface area contributed by atoms with Gasteiger partial charge in [-0.05, 0) is 31.0 Å². The van der Waals surface area contributed by atoms with E-state index in [1.54, 1.807) is 19.9 Å². The molecule has 1 rings (SSSR count). The molecule has 4 nitrogen and oxygen atoms in total. The Balaban J connectivity index is 3.46. The molecule has 0 aromatic heterocycles. The summed E-state index contributed by atoms with van der Waals surface area (Å²) in [6, 6.07) is 3.03. The molecular formula is C10H9ClO4. The van der Waals surface area contributed by atoms with Gasteiger partial charge >= 0.3 is 11.9 Å². The Morgan fingerprint density at radius 2 is 1.93 bits per heavy atom. The second-order valence-corrected chi connectivity index (χ2v) is 3.25. The minimum Gasteiger partial charge on any atom is -0.478 e. The molecule has 15 heavy (non-hydrogen) atoms. The van der Waals surface area contributed by atoms with Gasteiger partial charge in [-0.3, -0.25) is 0 Å². The number of carboxylic acids is 1. The van der Waals surface area contributed by atoms with Gasteiger partial charge in [-0.2, -0.15) is 0 Å². The zero-order valence-electron chi connectivity index (χ0n) is 8.20. The number of aromatic carboxylic acids is 1. The first-order chi connectivity index (χ1) is 6.99. The number of carboxylic acid groups (broad SMARTS) is 1. The maximum atomic E-state index is 11.2. The highest BCUT2D eigenvalue weighted by Crippen LogP contribution is 2.19. The quantitative estimate of drug-likeness (QED) is 0.844. The van der Waals surface area contributed by atoms with Gasteiger partial charge in [0.15, 0.2) is 0 Å². The van der Waals surface area contributed by atoms with Crippen molar-refractivity contribution in [3.05, 3.63) is 34.4 Å². The van der Waals surface area contributed by atoms with Crippen molar-refractivity contribution < 1.29 is 19.0 Å². The van der Waals surface area contributed by atoms with E-state index in [1.807, 2.05) is 0 Å². The first-order valence-electron chi connectivity index (χ1n) is 4.15. The summed E-state index contributed by atoms with van der Waals surface area (Å²) < 4.78 is 3.99. The van der Waals surface area contributed by atoms with Crippen LogP contribution in [0.25, 0.3) is 0 Å². The van der Waals surface area contributed by atoms with E-state index in [-0.39, 0.29) is 11.1 Å². The maximum absolute atomic E-state index is 11.2. The van der Waals surface area contributed by atoms with Crippen LogP contribution in [0.1, 0.15) is 31.8 Å². The Morgan fingerprint density at radius 3 is 2.40 bits per heavy atom. The lowest BCUT2D eigenvalue weighted by atomic mass is 9.98. The number of benzene rings is 1. The Hall–Kier alpha value is -1.55. The van der Waals surface area contributed by atoms with Crippen molar-refractivity contribution >= 4 is 23.8 Å². The summed E-state index contributed by atoms with van der Waals surface area (Å²) in [6.07, 6.45) is 0. The average Bonchev–Trinajstić information content (AvgIpc) is 2.20. The van der Waals surface area contributed by atoms with Crippen LogP contribution in [0.2, 0.25) is 0 Å². The third-order valence-electron chi connectivity index (χ3n) is 2.24. The minimum atomic E-state index is -1.17. The highest BCUT2D eigenvalue weighted by molar-refractivity contribution is 6.17. The smallest absolute Gasteiger partial charge is 0.357 e. The monoisotopic (exact) mass is 228 g/mol. The number of hydrogen-bond donors (Lipinski definition) is 1. The predicted octanol–water partition coefficient (Wildman–Crippen LogP) is 2.31. The van der Waals surface area contributed by atoms with Crippen molar-refractivity contribution in [1.82, 2.24) is 0 Å². The van der Waals surface area contributed by atoms with E-state index in [2.05, 4.69) is 4.29 Å². The lowest BCUT2D eigenvalue weighted by Gasteiger charge is -2.08. The molecule has 0 amide bonds. The maximum Gasteiger partial charge on any atom is 0.357 e. The van der Waals surface area contributed by atoms with Gasteiger partial charge in [0.1, 0.15) is 11.9 Å². The molecule has 0 aliphatic carbocycles. The van der Waals surface area contributed by atoms with E-state index in [1.165, 1.54) is 6.07 Å². The summed E-state index contributed by atoms with van der Waals surface area (Å²) in [5.41, 5.74) is 1.21. The molecule has 0 aliphatic heterocycles. The van der Waals surface area contributed by atoms with Gasteiger partial charge in [0, 0.05) is 0 Å². The molecule has 0 aliphatic rings. The molecule has 0 saturated carbocycles. The molecule has 0 unspecified atom stereocenters. The van der Waals surface area contributed by atoms with Crippen molar-refractivity contribution in [2.45, 2.75) is 13.8 Å². The normalized spacial score (nSPS) is 9.80. The van der Waals surface area contributed by atoms with Crippen molar-refractivity contribution in [2.75, 3.05) is 0 Å². The van der Waals surface area contributed by atoms with Crippen molar-refractivity contribution in [3.8, 4) is 0 Å². The molecule has 0 radical (unpaired) electrons. The van der Waals surface area contributed by atoms with Crippen molar-refractivity contribution in [2.24, 2.45) is 0 Å². The summed E-state index contributed by atoms with van der Waals surface area (Å²) in [7, 11) is 0. The Bertz CT molecular complexity index is 426. The summed E-state index contributed by atoms with van der Waals surface area (Å²) in [6.45, 7) is 3.39. The topological polar surface area (TPSA) is 63.6 Å². The third-order valence-corrected chi connectivity index (χ3v) is 2.38. The van der Waals surface area contributed by atoms with Crippen LogP contribution in [0.3, 0.4) is 0 Å². The van der Waals surface area contributed by atoms with E-state index in [0.29, 0.717) is 5.56 Å². The fraction of sp³-hybridized carbons (Fsp3) is 0.200. The van der Waals surface area contributed by atoms with E-state index in [0.717, 1.165) is 5.56 Å². The number of rotatable bonds is 2. The lowest BCUT2D eigenvalue weighted by Crippen LogP contribution is -2.11. The van der Waals surface area contributed by atoms with E-state index in [4.69, 9.17) is 17.0 Å². The summed E-state index contributed by atoms with van der Waals surface area (Å²) in [4.78, 5) is 22.1. The SMILES string of the molecule is Cc1ccc(C(=O)OCl)c(C(=O)O)c1C. The molecule has 0 saturated heterocycles. The van der Waals surface area contributed by atoms with Crippen LogP contribution in [0.4, 0.5) is 0 Å².